The van der Waals surface area contributed by atoms with Crippen LogP contribution < -0.4 is 5.73 Å². The van der Waals surface area contributed by atoms with Crippen LogP contribution >= 0.6 is 0 Å². The Kier molecular flexibility index (Phi) is 5.25. The van der Waals surface area contributed by atoms with E-state index in [1.807, 2.05) is 0 Å². The topological polar surface area (TPSA) is 74.2 Å². The summed E-state index contributed by atoms with van der Waals surface area (Å²) < 4.78 is 11.1. The van der Waals surface area contributed by atoms with E-state index in [0.29, 0.717) is 24.5 Å². The quantitative estimate of drug-likeness (QED) is 0.815. The van der Waals surface area contributed by atoms with Crippen LogP contribution in [0.1, 0.15) is 75.5 Å². The first-order valence-electron chi connectivity index (χ1n) is 8.51. The van der Waals surface area contributed by atoms with E-state index < -0.39 is 0 Å². The van der Waals surface area contributed by atoms with Crippen molar-refractivity contribution in [2.24, 2.45) is 11.7 Å². The maximum absolute atomic E-state index is 6.08. The highest BCUT2D eigenvalue weighted by molar-refractivity contribution is 4.94. The Morgan fingerprint density at radius 3 is 2.52 bits per heavy atom. The zero-order chi connectivity index (χ0) is 14.5. The van der Waals surface area contributed by atoms with Crippen molar-refractivity contribution >= 4 is 0 Å². The van der Waals surface area contributed by atoms with Crippen LogP contribution in [0, 0.1) is 5.92 Å². The van der Waals surface area contributed by atoms with Crippen molar-refractivity contribution in [3.63, 3.8) is 0 Å². The van der Waals surface area contributed by atoms with Crippen LogP contribution in [0.25, 0.3) is 0 Å². The Labute approximate surface area is 126 Å². The second kappa shape index (κ2) is 7.36. The van der Waals surface area contributed by atoms with Gasteiger partial charge in [0.15, 0.2) is 5.82 Å². The van der Waals surface area contributed by atoms with Gasteiger partial charge in [0.1, 0.15) is 0 Å². The number of ether oxygens (including phenoxy) is 1. The van der Waals surface area contributed by atoms with Gasteiger partial charge in [-0.3, -0.25) is 0 Å². The molecule has 0 aliphatic heterocycles. The molecule has 1 aromatic heterocycles. The van der Waals surface area contributed by atoms with E-state index in [4.69, 9.17) is 15.0 Å². The van der Waals surface area contributed by atoms with E-state index in [1.54, 1.807) is 0 Å². The van der Waals surface area contributed by atoms with Gasteiger partial charge in [-0.25, -0.2) is 0 Å². The van der Waals surface area contributed by atoms with Crippen LogP contribution in [-0.2, 0) is 11.2 Å². The van der Waals surface area contributed by atoms with Gasteiger partial charge in [0.2, 0.25) is 5.89 Å². The van der Waals surface area contributed by atoms with E-state index in [2.05, 4.69) is 10.1 Å². The molecule has 3 rings (SSSR count). The Bertz CT molecular complexity index is 423. The molecule has 5 nitrogen and oxygen atoms in total. The van der Waals surface area contributed by atoms with Gasteiger partial charge in [0.25, 0.3) is 0 Å². The van der Waals surface area contributed by atoms with E-state index in [-0.39, 0.29) is 6.04 Å². The molecule has 21 heavy (non-hydrogen) atoms. The first-order valence-corrected chi connectivity index (χ1v) is 8.51. The second-order valence-electron chi connectivity index (χ2n) is 6.60. The van der Waals surface area contributed by atoms with Crippen molar-refractivity contribution < 1.29 is 9.26 Å². The number of hydrogen-bond acceptors (Lipinski definition) is 5. The highest BCUT2D eigenvalue weighted by Crippen LogP contribution is 2.26. The van der Waals surface area contributed by atoms with Crippen molar-refractivity contribution in [1.82, 2.24) is 10.1 Å². The molecule has 0 aromatic carbocycles. The van der Waals surface area contributed by atoms with Gasteiger partial charge in [-0.15, -0.1) is 0 Å². The van der Waals surface area contributed by atoms with Crippen LogP contribution in [0.5, 0.6) is 0 Å². The first kappa shape index (κ1) is 15.0. The predicted octanol–water partition coefficient (Wildman–Crippen LogP) is 3.15. The third-order valence-electron chi connectivity index (χ3n) is 4.82. The third kappa shape index (κ3) is 4.27. The largest absolute Gasteiger partial charge is 0.376 e. The molecule has 2 saturated carbocycles. The zero-order valence-corrected chi connectivity index (χ0v) is 12.8. The van der Waals surface area contributed by atoms with Gasteiger partial charge in [0.05, 0.1) is 18.8 Å². The molecule has 1 heterocycles. The van der Waals surface area contributed by atoms with E-state index in [0.717, 1.165) is 25.2 Å². The highest BCUT2D eigenvalue weighted by atomic mass is 16.5. The lowest BCUT2D eigenvalue weighted by Gasteiger charge is -2.26. The molecule has 0 bridgehead atoms. The minimum atomic E-state index is -0.266. The summed E-state index contributed by atoms with van der Waals surface area (Å²) in [6.45, 7) is 0.493. The fourth-order valence-electron chi connectivity index (χ4n) is 3.17. The van der Waals surface area contributed by atoms with Crippen LogP contribution in [0.4, 0.5) is 0 Å². The van der Waals surface area contributed by atoms with Crippen LogP contribution in [0.15, 0.2) is 4.52 Å². The molecule has 0 saturated heterocycles. The highest BCUT2D eigenvalue weighted by Gasteiger charge is 2.22. The van der Waals surface area contributed by atoms with Crippen molar-refractivity contribution in [2.45, 2.75) is 76.4 Å². The van der Waals surface area contributed by atoms with Gasteiger partial charge < -0.3 is 15.0 Å². The summed E-state index contributed by atoms with van der Waals surface area (Å²) in [4.78, 5) is 4.47. The molecule has 2 fully saturated rings. The molecular weight excluding hydrogens is 266 g/mol. The maximum Gasteiger partial charge on any atom is 0.226 e. The molecule has 1 atom stereocenters. The Balaban J connectivity index is 1.47. The smallest absolute Gasteiger partial charge is 0.226 e. The maximum atomic E-state index is 6.08. The predicted molar refractivity (Wildman–Crippen MR) is 79.7 cm³/mol. The minimum Gasteiger partial charge on any atom is -0.376 e. The fraction of sp³-hybridized carbons (Fsp3) is 0.875. The number of rotatable bonds is 6. The summed E-state index contributed by atoms with van der Waals surface area (Å²) in [5.41, 5.74) is 6.08. The van der Waals surface area contributed by atoms with Crippen LogP contribution in [0.3, 0.4) is 0 Å². The van der Waals surface area contributed by atoms with Crippen molar-refractivity contribution in [2.75, 3.05) is 6.61 Å². The third-order valence-corrected chi connectivity index (χ3v) is 4.82. The van der Waals surface area contributed by atoms with Crippen LogP contribution in [0.2, 0.25) is 0 Å². The van der Waals surface area contributed by atoms with E-state index in [9.17, 15) is 0 Å². The summed E-state index contributed by atoms with van der Waals surface area (Å²) >= 11 is 0. The van der Waals surface area contributed by atoms with Crippen molar-refractivity contribution in [1.29, 1.82) is 0 Å². The summed E-state index contributed by atoms with van der Waals surface area (Å²) in [5, 5.41) is 4.04. The normalized spacial score (nSPS) is 22.7. The number of hydrogen-bond donors (Lipinski definition) is 1. The van der Waals surface area contributed by atoms with E-state index >= 15 is 0 Å². The lowest BCUT2D eigenvalue weighted by molar-refractivity contribution is -0.00549. The van der Waals surface area contributed by atoms with Crippen molar-refractivity contribution in [3.8, 4) is 0 Å². The molecule has 1 unspecified atom stereocenters. The molecule has 118 valence electrons. The molecule has 2 N–H and O–H groups in total. The molecule has 2 aliphatic carbocycles. The first-order chi connectivity index (χ1) is 10.3. The Morgan fingerprint density at radius 2 is 1.86 bits per heavy atom. The van der Waals surface area contributed by atoms with Gasteiger partial charge in [-0.1, -0.05) is 30.8 Å². The second-order valence-corrected chi connectivity index (χ2v) is 6.60. The monoisotopic (exact) mass is 293 g/mol. The van der Waals surface area contributed by atoms with Crippen molar-refractivity contribution in [3.05, 3.63) is 11.7 Å². The molecule has 5 heteroatoms. The summed E-state index contributed by atoms with van der Waals surface area (Å²) in [6, 6.07) is -0.266. The van der Waals surface area contributed by atoms with Gasteiger partial charge in [-0.2, -0.15) is 4.98 Å². The number of aromatic nitrogens is 2. The molecular formula is C16H27N3O2. The van der Waals surface area contributed by atoms with Gasteiger partial charge in [-0.05, 0) is 38.0 Å². The summed E-state index contributed by atoms with van der Waals surface area (Å²) in [7, 11) is 0. The molecule has 0 spiro atoms. The van der Waals surface area contributed by atoms with Crippen LogP contribution in [-0.4, -0.2) is 22.9 Å². The molecule has 2 aliphatic rings. The average Bonchev–Trinajstić information content (AvgIpc) is 2.73. The summed E-state index contributed by atoms with van der Waals surface area (Å²) in [6.07, 6.45) is 12.9. The Morgan fingerprint density at radius 1 is 1.10 bits per heavy atom. The summed E-state index contributed by atoms with van der Waals surface area (Å²) in [5.74, 6) is 2.04. The molecule has 0 amide bonds. The van der Waals surface area contributed by atoms with Gasteiger partial charge in [0, 0.05) is 6.42 Å². The number of nitrogens with two attached hydrogens (primary N) is 1. The minimum absolute atomic E-state index is 0.266. The Hall–Kier alpha value is -0.940. The SMILES string of the molecule is NC(COC1CCC1)c1noc(CC2CCCCCC2)n1. The molecule has 1 aromatic rings. The fourth-order valence-corrected chi connectivity index (χ4v) is 3.17. The zero-order valence-electron chi connectivity index (χ0n) is 12.8. The lowest BCUT2D eigenvalue weighted by Crippen LogP contribution is -2.27. The lowest BCUT2D eigenvalue weighted by atomic mass is 9.96. The number of nitrogens with zero attached hydrogens (tertiary/aromatic N) is 2. The van der Waals surface area contributed by atoms with E-state index in [1.165, 1.54) is 44.9 Å². The molecule has 0 radical (unpaired) electrons. The average molecular weight is 293 g/mol. The van der Waals surface area contributed by atoms with Gasteiger partial charge >= 0.3 is 0 Å². The standard InChI is InChI=1S/C16H27N3O2/c17-14(11-20-13-8-5-9-13)16-18-15(21-19-16)10-12-6-3-1-2-4-7-12/h12-14H,1-11,17H2.